The van der Waals surface area contributed by atoms with Crippen molar-refractivity contribution in [1.29, 1.82) is 0 Å². The molecular formula is C23H22N6O2. The van der Waals surface area contributed by atoms with Gasteiger partial charge in [-0.15, -0.1) is 5.10 Å². The van der Waals surface area contributed by atoms with Crippen LogP contribution in [0.3, 0.4) is 0 Å². The van der Waals surface area contributed by atoms with E-state index < -0.39 is 0 Å². The van der Waals surface area contributed by atoms with E-state index in [4.69, 9.17) is 0 Å². The first kappa shape index (κ1) is 19.2. The number of ketones is 1. The summed E-state index contributed by atoms with van der Waals surface area (Å²) < 4.78 is 3.18. The minimum absolute atomic E-state index is 0.150. The van der Waals surface area contributed by atoms with Gasteiger partial charge in [0.05, 0.1) is 11.8 Å². The number of hydrogen-bond donors (Lipinski definition) is 0. The van der Waals surface area contributed by atoms with E-state index in [1.54, 1.807) is 29.7 Å². The normalized spacial score (nSPS) is 13.5. The SMILES string of the molecule is CN(C(=O)c1cnn(C)c1C(=O)Cc1ccn2nc(-c3ccccc3)nc2c1)C1CC1. The van der Waals surface area contributed by atoms with E-state index in [1.165, 1.54) is 10.9 Å². The van der Waals surface area contributed by atoms with Crippen molar-refractivity contribution in [2.24, 2.45) is 7.05 Å². The average molecular weight is 414 g/mol. The number of carbonyl (C=O) groups is 2. The van der Waals surface area contributed by atoms with Crippen LogP contribution in [0, 0.1) is 0 Å². The van der Waals surface area contributed by atoms with Gasteiger partial charge in [-0.2, -0.15) is 5.10 Å². The van der Waals surface area contributed by atoms with Gasteiger partial charge in [0.15, 0.2) is 17.3 Å². The van der Waals surface area contributed by atoms with Crippen molar-refractivity contribution in [2.75, 3.05) is 7.05 Å². The first-order valence-electron chi connectivity index (χ1n) is 10.2. The summed E-state index contributed by atoms with van der Waals surface area (Å²) in [5.41, 5.74) is 3.10. The first-order valence-corrected chi connectivity index (χ1v) is 10.2. The highest BCUT2D eigenvalue weighted by Crippen LogP contribution is 2.27. The standard InChI is InChI=1S/C23H22N6O2/c1-27(17-8-9-17)23(31)18-14-24-28(2)21(18)19(30)12-15-10-11-29-20(13-15)25-22(26-29)16-6-4-3-5-7-16/h3-7,10-11,13-14,17H,8-9,12H2,1-2H3. The maximum atomic E-state index is 13.1. The van der Waals surface area contributed by atoms with Crippen molar-refractivity contribution in [3.8, 4) is 11.4 Å². The lowest BCUT2D eigenvalue weighted by atomic mass is 10.0. The number of pyridine rings is 1. The number of rotatable bonds is 6. The Morgan fingerprint density at radius 1 is 1.16 bits per heavy atom. The lowest BCUT2D eigenvalue weighted by molar-refractivity contribution is 0.0778. The lowest BCUT2D eigenvalue weighted by Gasteiger charge is -2.16. The molecule has 4 aromatic rings. The van der Waals surface area contributed by atoms with Gasteiger partial charge in [0.2, 0.25) is 0 Å². The third kappa shape index (κ3) is 3.61. The summed E-state index contributed by atoms with van der Waals surface area (Å²) in [5.74, 6) is 0.325. The number of aryl methyl sites for hydroxylation is 1. The van der Waals surface area contributed by atoms with E-state index in [-0.39, 0.29) is 24.2 Å². The van der Waals surface area contributed by atoms with Crippen LogP contribution < -0.4 is 0 Å². The van der Waals surface area contributed by atoms with Crippen LogP contribution in [0.5, 0.6) is 0 Å². The van der Waals surface area contributed by atoms with E-state index in [2.05, 4.69) is 15.2 Å². The molecule has 1 aliphatic carbocycles. The largest absolute Gasteiger partial charge is 0.339 e. The fraction of sp³-hybridized carbons (Fsp3) is 0.261. The zero-order valence-corrected chi connectivity index (χ0v) is 17.4. The predicted molar refractivity (Wildman–Crippen MR) is 115 cm³/mol. The second-order valence-corrected chi connectivity index (χ2v) is 7.92. The molecule has 0 spiro atoms. The Balaban J connectivity index is 1.40. The van der Waals surface area contributed by atoms with Crippen LogP contribution in [0.4, 0.5) is 0 Å². The van der Waals surface area contributed by atoms with Gasteiger partial charge in [0.25, 0.3) is 5.91 Å². The van der Waals surface area contributed by atoms with E-state index in [1.807, 2.05) is 42.5 Å². The number of nitrogens with zero attached hydrogens (tertiary/aromatic N) is 6. The smallest absolute Gasteiger partial charge is 0.257 e. The second-order valence-electron chi connectivity index (χ2n) is 7.92. The fourth-order valence-electron chi connectivity index (χ4n) is 3.75. The second kappa shape index (κ2) is 7.46. The van der Waals surface area contributed by atoms with Crippen molar-refractivity contribution in [1.82, 2.24) is 29.3 Å². The molecule has 0 N–H and O–H groups in total. The molecule has 1 saturated carbocycles. The van der Waals surface area contributed by atoms with Gasteiger partial charge < -0.3 is 4.90 Å². The maximum Gasteiger partial charge on any atom is 0.257 e. The summed E-state index contributed by atoms with van der Waals surface area (Å²) in [6.07, 6.45) is 5.46. The number of amides is 1. The number of fused-ring (bicyclic) bond motifs is 1. The Hall–Kier alpha value is -3.81. The first-order chi connectivity index (χ1) is 15.0. The molecule has 1 aromatic carbocycles. The van der Waals surface area contributed by atoms with Crippen molar-refractivity contribution >= 4 is 17.3 Å². The summed E-state index contributed by atoms with van der Waals surface area (Å²) in [5, 5.41) is 8.67. The van der Waals surface area contributed by atoms with Crippen LogP contribution in [0.2, 0.25) is 0 Å². The van der Waals surface area contributed by atoms with Crippen LogP contribution >= 0.6 is 0 Å². The number of Topliss-reactive ketones (excluding diaryl/α,β-unsaturated/α-hetero) is 1. The molecule has 8 heteroatoms. The van der Waals surface area contributed by atoms with Crippen LogP contribution in [-0.4, -0.2) is 54.1 Å². The molecule has 0 saturated heterocycles. The van der Waals surface area contributed by atoms with E-state index in [0.29, 0.717) is 22.7 Å². The monoisotopic (exact) mass is 414 g/mol. The zero-order chi connectivity index (χ0) is 21.5. The highest BCUT2D eigenvalue weighted by atomic mass is 16.2. The van der Waals surface area contributed by atoms with E-state index >= 15 is 0 Å². The van der Waals surface area contributed by atoms with Crippen molar-refractivity contribution < 1.29 is 9.59 Å². The van der Waals surface area contributed by atoms with Gasteiger partial charge in [0.1, 0.15) is 5.69 Å². The molecule has 0 bridgehead atoms. The van der Waals surface area contributed by atoms with Gasteiger partial charge in [-0.25, -0.2) is 9.50 Å². The summed E-state index contributed by atoms with van der Waals surface area (Å²) in [4.78, 5) is 32.2. The van der Waals surface area contributed by atoms with Gasteiger partial charge >= 0.3 is 0 Å². The number of carbonyl (C=O) groups excluding carboxylic acids is 2. The third-order valence-electron chi connectivity index (χ3n) is 5.65. The molecule has 0 unspecified atom stereocenters. The van der Waals surface area contributed by atoms with Crippen molar-refractivity contribution in [3.05, 3.63) is 71.7 Å². The molecule has 0 radical (unpaired) electrons. The highest BCUT2D eigenvalue weighted by Gasteiger charge is 2.33. The molecular weight excluding hydrogens is 392 g/mol. The fourth-order valence-corrected chi connectivity index (χ4v) is 3.75. The number of benzene rings is 1. The third-order valence-corrected chi connectivity index (χ3v) is 5.65. The Morgan fingerprint density at radius 2 is 1.94 bits per heavy atom. The molecule has 31 heavy (non-hydrogen) atoms. The topological polar surface area (TPSA) is 85.4 Å². The maximum absolute atomic E-state index is 13.1. The summed E-state index contributed by atoms with van der Waals surface area (Å²) >= 11 is 0. The predicted octanol–water partition coefficient (Wildman–Crippen LogP) is 2.79. The molecule has 8 nitrogen and oxygen atoms in total. The molecule has 5 rings (SSSR count). The molecule has 1 fully saturated rings. The van der Waals surface area contributed by atoms with Crippen LogP contribution in [0.1, 0.15) is 39.3 Å². The van der Waals surface area contributed by atoms with Crippen molar-refractivity contribution in [3.63, 3.8) is 0 Å². The van der Waals surface area contributed by atoms with E-state index in [0.717, 1.165) is 24.0 Å². The van der Waals surface area contributed by atoms with Gasteiger partial charge in [-0.3, -0.25) is 14.3 Å². The van der Waals surface area contributed by atoms with Crippen LogP contribution in [-0.2, 0) is 13.5 Å². The number of aromatic nitrogens is 5. The van der Waals surface area contributed by atoms with Gasteiger partial charge in [-0.05, 0) is 30.5 Å². The summed E-state index contributed by atoms with van der Waals surface area (Å²) in [6.45, 7) is 0. The summed E-state index contributed by atoms with van der Waals surface area (Å²) in [6, 6.07) is 13.7. The zero-order valence-electron chi connectivity index (χ0n) is 17.4. The highest BCUT2D eigenvalue weighted by molar-refractivity contribution is 6.07. The molecule has 1 aliphatic rings. The van der Waals surface area contributed by atoms with Crippen molar-refractivity contribution in [2.45, 2.75) is 25.3 Å². The van der Waals surface area contributed by atoms with Gasteiger partial charge in [0, 0.05) is 38.3 Å². The van der Waals surface area contributed by atoms with Crippen LogP contribution in [0.15, 0.2) is 54.9 Å². The Labute approximate surface area is 179 Å². The molecule has 3 aromatic heterocycles. The minimum Gasteiger partial charge on any atom is -0.339 e. The molecule has 1 amide bonds. The quantitative estimate of drug-likeness (QED) is 0.453. The van der Waals surface area contributed by atoms with E-state index in [9.17, 15) is 9.59 Å². The Morgan fingerprint density at radius 3 is 2.68 bits per heavy atom. The Bertz CT molecular complexity index is 1290. The molecule has 3 heterocycles. The molecule has 156 valence electrons. The average Bonchev–Trinajstić information content (AvgIpc) is 3.43. The minimum atomic E-state index is -0.153. The summed E-state index contributed by atoms with van der Waals surface area (Å²) in [7, 11) is 3.47. The Kier molecular flexibility index (Phi) is 4.62. The lowest BCUT2D eigenvalue weighted by Crippen LogP contribution is -2.30. The molecule has 0 aliphatic heterocycles. The number of hydrogen-bond acceptors (Lipinski definition) is 5. The van der Waals surface area contributed by atoms with Gasteiger partial charge in [-0.1, -0.05) is 30.3 Å². The molecule has 0 atom stereocenters. The van der Waals surface area contributed by atoms with Crippen LogP contribution in [0.25, 0.3) is 17.0 Å².